The van der Waals surface area contributed by atoms with Crippen LogP contribution in [-0.2, 0) is 9.59 Å². The zero-order chi connectivity index (χ0) is 24.7. The van der Waals surface area contributed by atoms with Gasteiger partial charge in [-0.05, 0) is 55.0 Å². The molecule has 1 aromatic carbocycles. The molecule has 0 radical (unpaired) electrons. The Labute approximate surface area is 209 Å². The van der Waals surface area contributed by atoms with Crippen LogP contribution in [0.1, 0.15) is 31.7 Å². The van der Waals surface area contributed by atoms with Crippen LogP contribution in [0, 0.1) is 35.5 Å². The quantitative estimate of drug-likeness (QED) is 0.611. The molecule has 2 amide bonds. The number of amides is 2. The summed E-state index contributed by atoms with van der Waals surface area (Å²) in [6, 6.07) is 11.8. The molecule has 3 heterocycles. The molecule has 0 spiro atoms. The van der Waals surface area contributed by atoms with Crippen LogP contribution in [0.5, 0.6) is 0 Å². The van der Waals surface area contributed by atoms with Crippen LogP contribution in [0.2, 0.25) is 0 Å². The number of hydrogen-bond acceptors (Lipinski definition) is 6. The summed E-state index contributed by atoms with van der Waals surface area (Å²) in [6.07, 6.45) is 1.71. The molecule has 3 aliphatic carbocycles. The second-order valence-corrected chi connectivity index (χ2v) is 11.8. The third kappa shape index (κ3) is 3.34. The minimum Gasteiger partial charge on any atom is -0.390 e. The lowest BCUT2D eigenvalue weighted by atomic mass is 9.78. The number of imide groups is 1. The summed E-state index contributed by atoms with van der Waals surface area (Å²) in [4.78, 5) is 42.7. The Hall–Kier alpha value is -2.55. The normalized spacial score (nSPS) is 38.3. The number of carbonyl (C=O) groups is 2. The van der Waals surface area contributed by atoms with Gasteiger partial charge in [0.2, 0.25) is 11.8 Å². The monoisotopic (exact) mass is 491 g/mol. The van der Waals surface area contributed by atoms with Gasteiger partial charge in [-0.3, -0.25) is 19.3 Å². The highest BCUT2D eigenvalue weighted by Gasteiger charge is 2.67. The number of fused-ring (bicyclic) bond motifs is 6. The topological polar surface area (TPSA) is 103 Å². The van der Waals surface area contributed by atoms with Crippen molar-refractivity contribution in [3.63, 3.8) is 0 Å². The van der Waals surface area contributed by atoms with Crippen molar-refractivity contribution in [2.24, 2.45) is 35.5 Å². The molecule has 2 aliphatic heterocycles. The number of aliphatic hydroxyl groups is 2. The first-order valence-corrected chi connectivity index (χ1v) is 13.5. The largest absolute Gasteiger partial charge is 0.390 e. The second kappa shape index (κ2) is 8.23. The molecule has 5 aliphatic rings. The number of hydrogen-bond donors (Lipinski definition) is 2. The standard InChI is InChI=1S/C28H33N3O5/c32-22-6-5-15-3-1-2-4-21(15)31(22)18-7-9-29(10-8-18)13-16-11-17(16)14-30-27(35)23-19-12-20(24(23)28(30)36)26(34)25(19)33/h1-6,16-20,23-26,33-34H,7-14H2/t16-,17-,19?,20?,23?,24?,25?,26?/m1/s1. The van der Waals surface area contributed by atoms with E-state index in [1.807, 2.05) is 34.9 Å². The van der Waals surface area contributed by atoms with Crippen LogP contribution in [0.3, 0.4) is 0 Å². The highest BCUT2D eigenvalue weighted by molar-refractivity contribution is 6.06. The van der Waals surface area contributed by atoms with Gasteiger partial charge in [0, 0.05) is 50.1 Å². The maximum Gasteiger partial charge on any atom is 0.251 e. The summed E-state index contributed by atoms with van der Waals surface area (Å²) in [6.45, 7) is 3.32. The highest BCUT2D eigenvalue weighted by atomic mass is 16.3. The van der Waals surface area contributed by atoms with E-state index in [9.17, 15) is 24.6 Å². The number of carbonyl (C=O) groups excluding carboxylic acids is 2. The molecule has 8 nitrogen and oxygen atoms in total. The Morgan fingerprint density at radius 2 is 1.42 bits per heavy atom. The van der Waals surface area contributed by atoms with E-state index in [0.29, 0.717) is 24.8 Å². The molecule has 1 aromatic heterocycles. The van der Waals surface area contributed by atoms with Gasteiger partial charge in [-0.1, -0.05) is 18.2 Å². The van der Waals surface area contributed by atoms with Crippen LogP contribution in [0.15, 0.2) is 41.2 Å². The number of likely N-dealkylation sites (tertiary alicyclic amines) is 2. The molecule has 190 valence electrons. The fourth-order valence-corrected chi connectivity index (χ4v) is 7.94. The van der Waals surface area contributed by atoms with E-state index in [1.165, 1.54) is 4.90 Å². The summed E-state index contributed by atoms with van der Waals surface area (Å²) in [5.74, 6) is -0.863. The molecule has 2 aromatic rings. The van der Waals surface area contributed by atoms with E-state index < -0.39 is 24.0 Å². The zero-order valence-electron chi connectivity index (χ0n) is 20.3. The van der Waals surface area contributed by atoms with Gasteiger partial charge in [-0.25, -0.2) is 0 Å². The Morgan fingerprint density at radius 3 is 2.11 bits per heavy atom. The molecule has 8 heteroatoms. The van der Waals surface area contributed by atoms with E-state index in [2.05, 4.69) is 4.90 Å². The molecule has 2 bridgehead atoms. The Kier molecular flexibility index (Phi) is 5.17. The SMILES string of the molecule is O=C1C2C3CC(C(O)C3O)C2C(=O)N1C[C@H]1C[C@@H]1CN1CCC(n2c(=O)ccc3ccccc32)CC1. The van der Waals surface area contributed by atoms with Crippen molar-refractivity contribution in [2.45, 2.75) is 43.9 Å². The molecule has 5 fully saturated rings. The first-order valence-electron chi connectivity index (χ1n) is 13.5. The lowest BCUT2D eigenvalue weighted by molar-refractivity contribution is -0.141. The summed E-state index contributed by atoms with van der Waals surface area (Å²) < 4.78 is 1.97. The Morgan fingerprint density at radius 1 is 0.778 bits per heavy atom. The number of aromatic nitrogens is 1. The smallest absolute Gasteiger partial charge is 0.251 e. The van der Waals surface area contributed by atoms with Crippen LogP contribution in [0.4, 0.5) is 0 Å². The first kappa shape index (κ1) is 22.6. The van der Waals surface area contributed by atoms with Gasteiger partial charge < -0.3 is 19.7 Å². The van der Waals surface area contributed by atoms with E-state index in [-0.39, 0.29) is 35.3 Å². The van der Waals surface area contributed by atoms with Crippen LogP contribution >= 0.6 is 0 Å². The zero-order valence-corrected chi connectivity index (χ0v) is 20.3. The van der Waals surface area contributed by atoms with E-state index in [4.69, 9.17) is 0 Å². The molecule has 2 N–H and O–H groups in total. The summed E-state index contributed by atoms with van der Waals surface area (Å²) in [7, 11) is 0. The Balaban J connectivity index is 0.951. The molecule has 7 rings (SSSR count). The van der Waals surface area contributed by atoms with Gasteiger partial charge in [0.05, 0.1) is 29.6 Å². The van der Waals surface area contributed by atoms with Crippen LogP contribution in [-0.4, -0.2) is 74.8 Å². The van der Waals surface area contributed by atoms with Gasteiger partial charge in [0.1, 0.15) is 0 Å². The summed E-state index contributed by atoms with van der Waals surface area (Å²) in [5.41, 5.74) is 1.07. The van der Waals surface area contributed by atoms with Crippen molar-refractivity contribution in [1.82, 2.24) is 14.4 Å². The maximum atomic E-state index is 13.1. The number of pyridine rings is 1. The van der Waals surface area contributed by atoms with Crippen molar-refractivity contribution in [1.29, 1.82) is 0 Å². The summed E-state index contributed by atoms with van der Waals surface area (Å²) in [5, 5.41) is 21.6. The molecule has 36 heavy (non-hydrogen) atoms. The predicted molar refractivity (Wildman–Crippen MR) is 132 cm³/mol. The van der Waals surface area contributed by atoms with Crippen LogP contribution in [0.25, 0.3) is 10.9 Å². The van der Waals surface area contributed by atoms with Gasteiger partial charge in [0.15, 0.2) is 0 Å². The Bertz CT molecular complexity index is 1250. The highest BCUT2D eigenvalue weighted by Crippen LogP contribution is 2.56. The lowest BCUT2D eigenvalue weighted by Gasteiger charge is -2.33. The third-order valence-corrected chi connectivity index (χ3v) is 9.92. The van der Waals surface area contributed by atoms with Crippen molar-refractivity contribution in [3.8, 4) is 0 Å². The molecular formula is C28H33N3O5. The average molecular weight is 492 g/mol. The van der Waals surface area contributed by atoms with Gasteiger partial charge in [-0.15, -0.1) is 0 Å². The fraction of sp³-hybridized carbons (Fsp3) is 0.607. The number of nitrogens with zero attached hydrogens (tertiary/aromatic N) is 3. The third-order valence-electron chi connectivity index (χ3n) is 9.92. The molecule has 8 atom stereocenters. The fourth-order valence-electron chi connectivity index (χ4n) is 7.94. The predicted octanol–water partition coefficient (Wildman–Crippen LogP) is 1.25. The molecule has 3 saturated carbocycles. The first-order chi connectivity index (χ1) is 17.4. The number of benzene rings is 1. The number of rotatable bonds is 5. The van der Waals surface area contributed by atoms with Crippen molar-refractivity contribution in [3.05, 3.63) is 46.8 Å². The minimum absolute atomic E-state index is 0.0626. The number of aliphatic hydroxyl groups excluding tert-OH is 2. The molecular weight excluding hydrogens is 458 g/mol. The molecule has 6 unspecified atom stereocenters. The van der Waals surface area contributed by atoms with E-state index in [0.717, 1.165) is 49.8 Å². The van der Waals surface area contributed by atoms with Gasteiger partial charge in [0.25, 0.3) is 5.56 Å². The van der Waals surface area contributed by atoms with Crippen molar-refractivity contribution < 1.29 is 19.8 Å². The van der Waals surface area contributed by atoms with Crippen molar-refractivity contribution in [2.75, 3.05) is 26.2 Å². The minimum atomic E-state index is -0.880. The van der Waals surface area contributed by atoms with E-state index in [1.54, 1.807) is 6.07 Å². The van der Waals surface area contributed by atoms with Gasteiger partial charge in [-0.2, -0.15) is 0 Å². The maximum absolute atomic E-state index is 13.1. The molecule has 2 saturated heterocycles. The number of piperidine rings is 1. The van der Waals surface area contributed by atoms with Gasteiger partial charge >= 0.3 is 0 Å². The second-order valence-electron chi connectivity index (χ2n) is 11.8. The van der Waals surface area contributed by atoms with Crippen LogP contribution < -0.4 is 5.56 Å². The number of para-hydroxylation sites is 1. The average Bonchev–Trinajstić information content (AvgIpc) is 3.28. The van der Waals surface area contributed by atoms with Crippen molar-refractivity contribution >= 4 is 22.7 Å². The lowest BCUT2D eigenvalue weighted by Crippen LogP contribution is -2.43. The van der Waals surface area contributed by atoms with E-state index >= 15 is 0 Å². The summed E-state index contributed by atoms with van der Waals surface area (Å²) >= 11 is 0.